The highest BCUT2D eigenvalue weighted by Gasteiger charge is 2.47. The number of dihydropyridines is 1. The van der Waals surface area contributed by atoms with Gasteiger partial charge in [-0.3, -0.25) is 9.59 Å². The van der Waals surface area contributed by atoms with Crippen molar-refractivity contribution in [3.8, 4) is 0 Å². The Morgan fingerprint density at radius 1 is 1.12 bits per heavy atom. The standard InChI is InChI=1S/C25H31NO6/c1-6-31-11-12-32-25(29)20-16(4)26-18-13-15(3)19(24(28)30-5)23(27)22(18)21(20)17-9-7-14(2)8-10-17/h7-10,15,19,21,26H,6,11-13H2,1-5H3/t15-,19-,21-/m1/s1. The summed E-state index contributed by atoms with van der Waals surface area (Å²) in [5, 5.41) is 3.25. The molecule has 7 heteroatoms. The number of nitrogens with one attached hydrogen (secondary N) is 1. The zero-order chi connectivity index (χ0) is 23.4. The first-order valence-electron chi connectivity index (χ1n) is 10.9. The number of ether oxygens (including phenoxy) is 3. The number of benzene rings is 1. The first kappa shape index (κ1) is 23.7. The summed E-state index contributed by atoms with van der Waals surface area (Å²) in [5.41, 5.74) is 4.06. The first-order valence-corrected chi connectivity index (χ1v) is 10.9. The minimum absolute atomic E-state index is 0.117. The molecule has 3 rings (SSSR count). The van der Waals surface area contributed by atoms with E-state index in [-0.39, 0.29) is 18.3 Å². The SMILES string of the molecule is CCOCCOC(=O)C1=C(C)NC2=C(C(=O)[C@H](C(=O)OC)[C@H](C)C2)[C@@H]1c1ccc(C)cc1. The Morgan fingerprint density at radius 2 is 1.81 bits per heavy atom. The second-order valence-corrected chi connectivity index (χ2v) is 8.28. The van der Waals surface area contributed by atoms with Crippen molar-refractivity contribution in [2.45, 2.75) is 40.0 Å². The van der Waals surface area contributed by atoms with Gasteiger partial charge in [-0.2, -0.15) is 0 Å². The molecule has 0 radical (unpaired) electrons. The van der Waals surface area contributed by atoms with Crippen LogP contribution in [0.1, 0.15) is 44.2 Å². The third-order valence-corrected chi connectivity index (χ3v) is 6.04. The van der Waals surface area contributed by atoms with Crippen LogP contribution in [0.2, 0.25) is 0 Å². The van der Waals surface area contributed by atoms with Crippen molar-refractivity contribution in [2.75, 3.05) is 26.9 Å². The number of esters is 2. The van der Waals surface area contributed by atoms with Gasteiger partial charge in [0, 0.05) is 29.5 Å². The van der Waals surface area contributed by atoms with Gasteiger partial charge in [0.2, 0.25) is 0 Å². The van der Waals surface area contributed by atoms with Crippen LogP contribution in [0.15, 0.2) is 46.8 Å². The number of Topliss-reactive ketones (excluding diaryl/α,β-unsaturated/α-hetero) is 1. The minimum Gasteiger partial charge on any atom is -0.468 e. The smallest absolute Gasteiger partial charge is 0.336 e. The number of aryl methyl sites for hydroxylation is 1. The van der Waals surface area contributed by atoms with E-state index >= 15 is 0 Å². The Hall–Kier alpha value is -2.93. The van der Waals surface area contributed by atoms with E-state index in [1.807, 2.05) is 52.0 Å². The first-order chi connectivity index (χ1) is 15.3. The average molecular weight is 442 g/mol. The highest BCUT2D eigenvalue weighted by Crippen LogP contribution is 2.45. The van der Waals surface area contributed by atoms with Gasteiger partial charge in [-0.25, -0.2) is 4.79 Å². The van der Waals surface area contributed by atoms with Crippen LogP contribution in [0.5, 0.6) is 0 Å². The number of carbonyl (C=O) groups is 3. The van der Waals surface area contributed by atoms with E-state index in [2.05, 4.69) is 5.32 Å². The van der Waals surface area contributed by atoms with Gasteiger partial charge in [0.1, 0.15) is 12.5 Å². The van der Waals surface area contributed by atoms with Crippen LogP contribution in [0, 0.1) is 18.8 Å². The van der Waals surface area contributed by atoms with Crippen LogP contribution in [0.25, 0.3) is 0 Å². The molecule has 1 aliphatic carbocycles. The third kappa shape index (κ3) is 4.63. The monoisotopic (exact) mass is 441 g/mol. The van der Waals surface area contributed by atoms with Gasteiger partial charge >= 0.3 is 11.9 Å². The van der Waals surface area contributed by atoms with Crippen molar-refractivity contribution in [3.63, 3.8) is 0 Å². The third-order valence-electron chi connectivity index (χ3n) is 6.04. The molecule has 0 fully saturated rings. The van der Waals surface area contributed by atoms with Crippen LogP contribution < -0.4 is 5.32 Å². The van der Waals surface area contributed by atoms with Gasteiger partial charge in [-0.1, -0.05) is 36.8 Å². The number of hydrogen-bond donors (Lipinski definition) is 1. The van der Waals surface area contributed by atoms with Crippen molar-refractivity contribution < 1.29 is 28.6 Å². The fourth-order valence-electron chi connectivity index (χ4n) is 4.46. The maximum atomic E-state index is 13.6. The van der Waals surface area contributed by atoms with Crippen molar-refractivity contribution in [2.24, 2.45) is 11.8 Å². The van der Waals surface area contributed by atoms with E-state index in [1.165, 1.54) is 7.11 Å². The molecule has 1 aromatic carbocycles. The maximum absolute atomic E-state index is 13.6. The van der Waals surface area contributed by atoms with Crippen LogP contribution in [-0.4, -0.2) is 44.7 Å². The molecule has 0 spiro atoms. The molecule has 0 unspecified atom stereocenters. The Kier molecular flexibility index (Phi) is 7.51. The number of rotatable bonds is 7. The molecule has 32 heavy (non-hydrogen) atoms. The molecule has 0 amide bonds. The zero-order valence-corrected chi connectivity index (χ0v) is 19.3. The number of ketones is 1. The lowest BCUT2D eigenvalue weighted by Gasteiger charge is -2.38. The molecule has 2 aliphatic rings. The Balaban J connectivity index is 2.06. The lowest BCUT2D eigenvalue weighted by atomic mass is 9.69. The summed E-state index contributed by atoms with van der Waals surface area (Å²) in [6, 6.07) is 7.71. The van der Waals surface area contributed by atoms with E-state index < -0.39 is 23.8 Å². The molecule has 0 aromatic heterocycles. The molecule has 1 aliphatic heterocycles. The van der Waals surface area contributed by atoms with E-state index in [4.69, 9.17) is 14.2 Å². The summed E-state index contributed by atoms with van der Waals surface area (Å²) in [4.78, 5) is 39.2. The van der Waals surface area contributed by atoms with Gasteiger partial charge in [0.05, 0.1) is 19.3 Å². The summed E-state index contributed by atoms with van der Waals surface area (Å²) in [6.07, 6.45) is 0.507. The van der Waals surface area contributed by atoms with Crippen molar-refractivity contribution in [1.29, 1.82) is 0 Å². The van der Waals surface area contributed by atoms with E-state index in [1.54, 1.807) is 0 Å². The number of methoxy groups -OCH3 is 1. The summed E-state index contributed by atoms with van der Waals surface area (Å²) >= 11 is 0. The quantitative estimate of drug-likeness (QED) is 0.395. The van der Waals surface area contributed by atoms with Crippen molar-refractivity contribution in [3.05, 3.63) is 57.9 Å². The van der Waals surface area contributed by atoms with Gasteiger partial charge in [0.25, 0.3) is 0 Å². The molecule has 1 N–H and O–H groups in total. The molecule has 7 nitrogen and oxygen atoms in total. The lowest BCUT2D eigenvalue weighted by Crippen LogP contribution is -2.43. The summed E-state index contributed by atoms with van der Waals surface area (Å²) in [6.45, 7) is 8.46. The number of allylic oxidation sites excluding steroid dienone is 3. The van der Waals surface area contributed by atoms with Crippen molar-refractivity contribution in [1.82, 2.24) is 5.32 Å². The largest absolute Gasteiger partial charge is 0.468 e. The van der Waals surface area contributed by atoms with Crippen LogP contribution in [-0.2, 0) is 28.6 Å². The summed E-state index contributed by atoms with van der Waals surface area (Å²) in [5.74, 6) is -3.11. The molecule has 172 valence electrons. The van der Waals surface area contributed by atoms with Crippen molar-refractivity contribution >= 4 is 17.7 Å². The predicted octanol–water partition coefficient (Wildman–Crippen LogP) is 3.19. The average Bonchev–Trinajstić information content (AvgIpc) is 2.76. The number of carbonyl (C=O) groups excluding carboxylic acids is 3. The van der Waals surface area contributed by atoms with Crippen LogP contribution in [0.3, 0.4) is 0 Å². The van der Waals surface area contributed by atoms with Gasteiger partial charge in [-0.05, 0) is 38.7 Å². The van der Waals surface area contributed by atoms with E-state index in [0.717, 1.165) is 16.8 Å². The Labute approximate surface area is 188 Å². The van der Waals surface area contributed by atoms with Gasteiger partial charge in [-0.15, -0.1) is 0 Å². The molecule has 0 bridgehead atoms. The normalized spacial score (nSPS) is 22.9. The van der Waals surface area contributed by atoms with Gasteiger partial charge < -0.3 is 19.5 Å². The zero-order valence-electron chi connectivity index (χ0n) is 19.3. The molecular formula is C25H31NO6. The molecule has 1 heterocycles. The fraction of sp³-hybridized carbons (Fsp3) is 0.480. The molecular weight excluding hydrogens is 410 g/mol. The molecule has 0 saturated carbocycles. The van der Waals surface area contributed by atoms with E-state index in [0.29, 0.717) is 36.5 Å². The van der Waals surface area contributed by atoms with Gasteiger partial charge in [0.15, 0.2) is 5.78 Å². The second-order valence-electron chi connectivity index (χ2n) is 8.28. The fourth-order valence-corrected chi connectivity index (χ4v) is 4.46. The molecule has 3 atom stereocenters. The lowest BCUT2D eigenvalue weighted by molar-refractivity contribution is -0.151. The maximum Gasteiger partial charge on any atom is 0.336 e. The molecule has 1 aromatic rings. The summed E-state index contributed by atoms with van der Waals surface area (Å²) in [7, 11) is 1.29. The molecule has 0 saturated heterocycles. The predicted molar refractivity (Wildman–Crippen MR) is 119 cm³/mol. The van der Waals surface area contributed by atoms with E-state index in [9.17, 15) is 14.4 Å². The van der Waals surface area contributed by atoms with Crippen LogP contribution >= 0.6 is 0 Å². The second kappa shape index (κ2) is 10.1. The topological polar surface area (TPSA) is 90.9 Å². The minimum atomic E-state index is -0.901. The summed E-state index contributed by atoms with van der Waals surface area (Å²) < 4.78 is 15.7. The Bertz CT molecular complexity index is 959. The number of hydrogen-bond acceptors (Lipinski definition) is 7. The Morgan fingerprint density at radius 3 is 2.44 bits per heavy atom. The van der Waals surface area contributed by atoms with Crippen LogP contribution in [0.4, 0.5) is 0 Å². The highest BCUT2D eigenvalue weighted by molar-refractivity contribution is 6.12. The highest BCUT2D eigenvalue weighted by atomic mass is 16.6.